The predicted molar refractivity (Wildman–Crippen MR) is 115 cm³/mol. The number of carbonyl (C=O) groups is 1. The van der Waals surface area contributed by atoms with Crippen LogP contribution in [0.15, 0.2) is 24.3 Å². The second-order valence-electron chi connectivity index (χ2n) is 7.94. The Morgan fingerprint density at radius 2 is 1.62 bits per heavy atom. The van der Waals surface area contributed by atoms with E-state index in [1.807, 2.05) is 0 Å². The fraction of sp³-hybridized carbons (Fsp3) is 0.773. The van der Waals surface area contributed by atoms with Gasteiger partial charge >= 0.3 is 5.97 Å². The molecule has 0 aromatic carbocycles. The van der Waals surface area contributed by atoms with Crippen molar-refractivity contribution in [2.75, 3.05) is 7.11 Å². The Kier molecular flexibility index (Phi) is 15.8. The van der Waals surface area contributed by atoms with Gasteiger partial charge in [-0.15, -0.1) is 0 Å². The van der Waals surface area contributed by atoms with E-state index in [4.69, 9.17) is 4.43 Å². The van der Waals surface area contributed by atoms with Crippen LogP contribution >= 0.6 is 0 Å². The summed E-state index contributed by atoms with van der Waals surface area (Å²) in [4.78, 5) is 11.0. The zero-order chi connectivity index (χ0) is 19.7. The summed E-state index contributed by atoms with van der Waals surface area (Å²) in [5, 5.41) is 0. The highest BCUT2D eigenvalue weighted by Gasteiger charge is 2.19. The molecule has 0 rings (SSSR count). The lowest BCUT2D eigenvalue weighted by molar-refractivity contribution is -0.140. The van der Waals surface area contributed by atoms with Gasteiger partial charge < -0.3 is 9.16 Å². The summed E-state index contributed by atoms with van der Waals surface area (Å²) in [7, 11) is 0.0143. The highest BCUT2D eigenvalue weighted by Crippen LogP contribution is 2.15. The lowest BCUT2D eigenvalue weighted by atomic mass is 10.1. The van der Waals surface area contributed by atoms with Crippen LogP contribution in [-0.4, -0.2) is 27.5 Å². The van der Waals surface area contributed by atoms with Crippen LogP contribution in [0.3, 0.4) is 0 Å². The van der Waals surface area contributed by atoms with Crippen molar-refractivity contribution in [1.29, 1.82) is 0 Å². The third kappa shape index (κ3) is 17.9. The minimum atomic E-state index is -1.44. The summed E-state index contributed by atoms with van der Waals surface area (Å²) in [6, 6.07) is 0. The molecule has 0 N–H and O–H groups in total. The van der Waals surface area contributed by atoms with Gasteiger partial charge in [0, 0.05) is 12.5 Å². The van der Waals surface area contributed by atoms with E-state index in [0.717, 1.165) is 38.5 Å². The van der Waals surface area contributed by atoms with Gasteiger partial charge in [0.15, 0.2) is 8.32 Å². The fourth-order valence-electron chi connectivity index (χ4n) is 2.85. The lowest BCUT2D eigenvalue weighted by Crippen LogP contribution is -2.31. The number of methoxy groups -OCH3 is 1. The quantitative estimate of drug-likeness (QED) is 0.127. The lowest BCUT2D eigenvalue weighted by Gasteiger charge is -2.25. The Labute approximate surface area is 163 Å². The molecule has 0 aromatic rings. The first-order valence-corrected chi connectivity index (χ1v) is 13.8. The van der Waals surface area contributed by atoms with Crippen LogP contribution < -0.4 is 0 Å². The van der Waals surface area contributed by atoms with Gasteiger partial charge in [-0.3, -0.25) is 4.79 Å². The van der Waals surface area contributed by atoms with E-state index in [-0.39, 0.29) is 5.97 Å². The number of ether oxygens (including phenoxy) is 1. The maximum atomic E-state index is 11.0. The van der Waals surface area contributed by atoms with E-state index in [9.17, 15) is 4.79 Å². The van der Waals surface area contributed by atoms with E-state index in [1.165, 1.54) is 32.8 Å². The Bertz CT molecular complexity index is 397. The van der Waals surface area contributed by atoms with E-state index in [2.05, 4.69) is 55.6 Å². The van der Waals surface area contributed by atoms with Gasteiger partial charge in [0.1, 0.15) is 0 Å². The number of allylic oxidation sites excluding steroid dienone is 3. The first-order chi connectivity index (χ1) is 12.4. The van der Waals surface area contributed by atoms with E-state index >= 15 is 0 Å². The molecule has 0 fully saturated rings. The predicted octanol–water partition coefficient (Wildman–Crippen LogP) is 6.80. The molecule has 0 aliphatic rings. The summed E-state index contributed by atoms with van der Waals surface area (Å²) < 4.78 is 10.9. The molecule has 0 saturated heterocycles. The molecule has 3 nitrogen and oxygen atoms in total. The van der Waals surface area contributed by atoms with Crippen molar-refractivity contribution in [2.45, 2.75) is 103 Å². The molecular weight excluding hydrogens is 340 g/mol. The van der Waals surface area contributed by atoms with Crippen molar-refractivity contribution in [3.8, 4) is 0 Å². The first-order valence-electron chi connectivity index (χ1n) is 10.4. The van der Waals surface area contributed by atoms with Crippen molar-refractivity contribution in [2.24, 2.45) is 0 Å². The smallest absolute Gasteiger partial charge is 0.305 e. The number of rotatable bonds is 16. The van der Waals surface area contributed by atoms with Crippen molar-refractivity contribution < 1.29 is 14.0 Å². The number of hydrogen-bond acceptors (Lipinski definition) is 3. The topological polar surface area (TPSA) is 35.5 Å². The SMILES string of the molecule is CCCC(C/C=C\C/C=C\CCCCCCCC(=O)OC)O[Si](C)(C)C. The molecule has 0 bridgehead atoms. The number of esters is 1. The molecule has 0 heterocycles. The first kappa shape index (κ1) is 25.1. The van der Waals surface area contributed by atoms with Gasteiger partial charge in [-0.2, -0.15) is 0 Å². The average molecular weight is 383 g/mol. The van der Waals surface area contributed by atoms with Gasteiger partial charge in [-0.1, -0.05) is 56.9 Å². The molecule has 26 heavy (non-hydrogen) atoms. The van der Waals surface area contributed by atoms with Gasteiger partial charge in [0.2, 0.25) is 0 Å². The molecule has 1 atom stereocenters. The van der Waals surface area contributed by atoms with Crippen LogP contribution in [0.4, 0.5) is 0 Å². The molecule has 0 amide bonds. The molecule has 1 unspecified atom stereocenters. The normalized spacial score (nSPS) is 13.6. The number of hydrogen-bond donors (Lipinski definition) is 0. The van der Waals surface area contributed by atoms with Gasteiger partial charge in [0.05, 0.1) is 7.11 Å². The minimum Gasteiger partial charge on any atom is -0.469 e. The Morgan fingerprint density at radius 3 is 2.27 bits per heavy atom. The van der Waals surface area contributed by atoms with Gasteiger partial charge in [-0.05, 0) is 58.2 Å². The number of unbranched alkanes of at least 4 members (excludes halogenated alkanes) is 5. The molecular formula is C22H42O3Si. The summed E-state index contributed by atoms with van der Waals surface area (Å²) in [5.74, 6) is -0.0888. The Hall–Kier alpha value is -0.873. The third-order valence-electron chi connectivity index (χ3n) is 4.11. The van der Waals surface area contributed by atoms with Gasteiger partial charge in [0.25, 0.3) is 0 Å². The maximum Gasteiger partial charge on any atom is 0.305 e. The average Bonchev–Trinajstić information content (AvgIpc) is 2.57. The molecule has 4 heteroatoms. The van der Waals surface area contributed by atoms with Crippen LogP contribution in [0.2, 0.25) is 19.6 Å². The van der Waals surface area contributed by atoms with E-state index in [0.29, 0.717) is 12.5 Å². The highest BCUT2D eigenvalue weighted by molar-refractivity contribution is 6.69. The van der Waals surface area contributed by atoms with Crippen molar-refractivity contribution in [3.05, 3.63) is 24.3 Å². The van der Waals surface area contributed by atoms with Crippen LogP contribution in [0.25, 0.3) is 0 Å². The fourth-order valence-corrected chi connectivity index (χ4v) is 4.06. The molecule has 152 valence electrons. The summed E-state index contributed by atoms with van der Waals surface area (Å²) in [6.45, 7) is 9.02. The largest absolute Gasteiger partial charge is 0.469 e. The van der Waals surface area contributed by atoms with Crippen LogP contribution in [0.1, 0.15) is 77.6 Å². The van der Waals surface area contributed by atoms with Crippen LogP contribution in [-0.2, 0) is 14.0 Å². The van der Waals surface area contributed by atoms with E-state index in [1.54, 1.807) is 0 Å². The van der Waals surface area contributed by atoms with Crippen LogP contribution in [0.5, 0.6) is 0 Å². The Morgan fingerprint density at radius 1 is 0.962 bits per heavy atom. The molecule has 0 saturated carbocycles. The number of carbonyl (C=O) groups excluding carboxylic acids is 1. The van der Waals surface area contributed by atoms with Gasteiger partial charge in [-0.25, -0.2) is 0 Å². The summed E-state index contributed by atoms with van der Waals surface area (Å²) in [6.07, 6.45) is 21.4. The maximum absolute atomic E-state index is 11.0. The molecule has 0 radical (unpaired) electrons. The monoisotopic (exact) mass is 382 g/mol. The molecule has 0 aromatic heterocycles. The van der Waals surface area contributed by atoms with Crippen molar-refractivity contribution in [1.82, 2.24) is 0 Å². The molecule has 0 aliphatic heterocycles. The second-order valence-corrected chi connectivity index (χ2v) is 12.4. The van der Waals surface area contributed by atoms with E-state index < -0.39 is 8.32 Å². The summed E-state index contributed by atoms with van der Waals surface area (Å²) in [5.41, 5.74) is 0. The zero-order valence-electron chi connectivity index (χ0n) is 17.9. The third-order valence-corrected chi connectivity index (χ3v) is 5.16. The second kappa shape index (κ2) is 16.3. The van der Waals surface area contributed by atoms with Crippen molar-refractivity contribution in [3.63, 3.8) is 0 Å². The Balaban J connectivity index is 3.64. The molecule has 0 aliphatic carbocycles. The standard InChI is InChI=1S/C22H42O3Si/c1-6-18-21(25-26(3,4)5)19-16-14-12-10-8-7-9-11-13-15-17-20-22(23)24-2/h8,10,14,16,21H,6-7,9,11-13,15,17-20H2,1-5H3/b10-8-,16-14-. The minimum absolute atomic E-state index is 0.0888. The zero-order valence-corrected chi connectivity index (χ0v) is 18.9. The van der Waals surface area contributed by atoms with Crippen molar-refractivity contribution >= 4 is 14.3 Å². The van der Waals surface area contributed by atoms with Crippen LogP contribution in [0, 0.1) is 0 Å². The highest BCUT2D eigenvalue weighted by atomic mass is 28.4. The summed E-state index contributed by atoms with van der Waals surface area (Å²) >= 11 is 0. The molecule has 0 spiro atoms.